The molecular formula is C16H17FN4O. The Kier molecular flexibility index (Phi) is 3.17. The number of amides is 1. The minimum Gasteiger partial charge on any atom is -0.332 e. The van der Waals surface area contributed by atoms with E-state index in [0.717, 1.165) is 31.9 Å². The van der Waals surface area contributed by atoms with Gasteiger partial charge in [0.1, 0.15) is 0 Å². The van der Waals surface area contributed by atoms with E-state index >= 15 is 0 Å². The molecule has 1 amide bonds. The van der Waals surface area contributed by atoms with Crippen molar-refractivity contribution in [2.45, 2.75) is 43.8 Å². The fourth-order valence-corrected chi connectivity index (χ4v) is 3.88. The predicted octanol–water partition coefficient (Wildman–Crippen LogP) is 2.43. The van der Waals surface area contributed by atoms with Crippen LogP contribution >= 0.6 is 0 Å². The first-order valence-corrected chi connectivity index (χ1v) is 7.65. The number of pyridine rings is 1. The van der Waals surface area contributed by atoms with Crippen LogP contribution < -0.4 is 0 Å². The third-order valence-electron chi connectivity index (χ3n) is 4.84. The van der Waals surface area contributed by atoms with Gasteiger partial charge in [0.25, 0.3) is 5.91 Å². The molecule has 2 aliphatic rings. The molecule has 0 N–H and O–H groups in total. The Morgan fingerprint density at radius 3 is 2.59 bits per heavy atom. The number of fused-ring (bicyclic) bond motifs is 2. The van der Waals surface area contributed by atoms with Gasteiger partial charge in [-0.15, -0.1) is 0 Å². The minimum atomic E-state index is -0.541. The molecule has 2 saturated heterocycles. The second kappa shape index (κ2) is 5.19. The van der Waals surface area contributed by atoms with E-state index < -0.39 is 5.82 Å². The van der Waals surface area contributed by atoms with Gasteiger partial charge >= 0.3 is 0 Å². The first-order chi connectivity index (χ1) is 10.7. The number of aromatic nitrogens is 3. The van der Waals surface area contributed by atoms with Crippen molar-refractivity contribution in [2.75, 3.05) is 0 Å². The maximum Gasteiger partial charge on any atom is 0.257 e. The molecule has 0 aromatic carbocycles. The van der Waals surface area contributed by atoms with Crippen LogP contribution in [0, 0.1) is 5.82 Å². The lowest BCUT2D eigenvalue weighted by atomic mass is 9.96. The van der Waals surface area contributed by atoms with Gasteiger partial charge in [0.15, 0.2) is 5.82 Å². The standard InChI is InChI=1S/C16H17FN4O/c17-15-10-18-6-4-14(15)16(22)21-11-2-3-12(21)9-13(8-11)20-7-1-5-19-20/h1,4-7,10-13H,2-3,8-9H2. The fraction of sp³-hybridized carbons (Fsp3) is 0.438. The number of carbonyl (C=O) groups is 1. The van der Waals surface area contributed by atoms with Gasteiger partial charge in [0, 0.05) is 30.7 Å². The second-order valence-electron chi connectivity index (χ2n) is 6.06. The Bertz CT molecular complexity index is 673. The highest BCUT2D eigenvalue weighted by Gasteiger charge is 2.44. The topological polar surface area (TPSA) is 51.0 Å². The SMILES string of the molecule is O=C(c1ccncc1F)N1C2CCC1CC(n1cccn1)C2. The van der Waals surface area contributed by atoms with Crippen LogP contribution in [0.4, 0.5) is 4.39 Å². The molecule has 2 fully saturated rings. The van der Waals surface area contributed by atoms with E-state index in [1.54, 1.807) is 6.20 Å². The summed E-state index contributed by atoms with van der Waals surface area (Å²) < 4.78 is 15.8. The van der Waals surface area contributed by atoms with E-state index in [9.17, 15) is 9.18 Å². The van der Waals surface area contributed by atoms with Gasteiger partial charge in [0.2, 0.25) is 0 Å². The normalized spacial score (nSPS) is 27.1. The lowest BCUT2D eigenvalue weighted by Crippen LogP contribution is -2.47. The zero-order valence-corrected chi connectivity index (χ0v) is 12.1. The van der Waals surface area contributed by atoms with Crippen molar-refractivity contribution in [3.8, 4) is 0 Å². The molecule has 2 atom stereocenters. The molecule has 2 aromatic rings. The van der Waals surface area contributed by atoms with Crippen molar-refractivity contribution in [1.82, 2.24) is 19.7 Å². The molecule has 2 bridgehead atoms. The van der Waals surface area contributed by atoms with Gasteiger partial charge in [-0.25, -0.2) is 4.39 Å². The Hall–Kier alpha value is -2.24. The largest absolute Gasteiger partial charge is 0.332 e. The smallest absolute Gasteiger partial charge is 0.257 e. The number of hydrogen-bond donors (Lipinski definition) is 0. The van der Waals surface area contributed by atoms with Crippen LogP contribution in [-0.2, 0) is 0 Å². The summed E-state index contributed by atoms with van der Waals surface area (Å²) in [4.78, 5) is 18.3. The minimum absolute atomic E-state index is 0.129. The van der Waals surface area contributed by atoms with Crippen LogP contribution in [0.15, 0.2) is 36.9 Å². The van der Waals surface area contributed by atoms with Crippen molar-refractivity contribution < 1.29 is 9.18 Å². The molecule has 6 heteroatoms. The molecule has 4 rings (SSSR count). The molecule has 0 aliphatic carbocycles. The zero-order chi connectivity index (χ0) is 15.1. The highest BCUT2D eigenvalue weighted by atomic mass is 19.1. The van der Waals surface area contributed by atoms with E-state index in [2.05, 4.69) is 10.1 Å². The Balaban J connectivity index is 1.58. The molecule has 2 unspecified atom stereocenters. The van der Waals surface area contributed by atoms with Gasteiger partial charge in [-0.2, -0.15) is 5.10 Å². The quantitative estimate of drug-likeness (QED) is 0.856. The van der Waals surface area contributed by atoms with Crippen LogP contribution in [-0.4, -0.2) is 37.7 Å². The Morgan fingerprint density at radius 1 is 1.18 bits per heavy atom. The summed E-state index contributed by atoms with van der Waals surface area (Å²) in [6.07, 6.45) is 10.1. The summed E-state index contributed by atoms with van der Waals surface area (Å²) in [5.74, 6) is -0.743. The van der Waals surface area contributed by atoms with Crippen LogP contribution in [0.2, 0.25) is 0 Å². The highest BCUT2D eigenvalue weighted by Crippen LogP contribution is 2.41. The average molecular weight is 300 g/mol. The summed E-state index contributed by atoms with van der Waals surface area (Å²) in [5, 5.41) is 4.32. The fourth-order valence-electron chi connectivity index (χ4n) is 3.88. The van der Waals surface area contributed by atoms with Crippen molar-refractivity contribution in [1.29, 1.82) is 0 Å². The maximum absolute atomic E-state index is 13.8. The van der Waals surface area contributed by atoms with Gasteiger partial charge in [-0.05, 0) is 37.8 Å². The number of hydrogen-bond acceptors (Lipinski definition) is 3. The van der Waals surface area contributed by atoms with E-state index in [1.165, 1.54) is 12.3 Å². The molecule has 0 saturated carbocycles. The Morgan fingerprint density at radius 2 is 1.95 bits per heavy atom. The third kappa shape index (κ3) is 2.10. The maximum atomic E-state index is 13.8. The first kappa shape index (κ1) is 13.4. The van der Waals surface area contributed by atoms with Crippen LogP contribution in [0.1, 0.15) is 42.1 Å². The first-order valence-electron chi connectivity index (χ1n) is 7.65. The molecule has 5 nitrogen and oxygen atoms in total. The number of nitrogens with zero attached hydrogens (tertiary/aromatic N) is 4. The molecule has 0 spiro atoms. The summed E-state index contributed by atoms with van der Waals surface area (Å²) >= 11 is 0. The molecule has 22 heavy (non-hydrogen) atoms. The summed E-state index contributed by atoms with van der Waals surface area (Å²) in [6.45, 7) is 0. The van der Waals surface area contributed by atoms with E-state index in [4.69, 9.17) is 0 Å². The van der Waals surface area contributed by atoms with Crippen molar-refractivity contribution >= 4 is 5.91 Å². The van der Waals surface area contributed by atoms with Gasteiger partial charge < -0.3 is 4.90 Å². The predicted molar refractivity (Wildman–Crippen MR) is 77.7 cm³/mol. The molecule has 114 valence electrons. The Labute approximate surface area is 127 Å². The van der Waals surface area contributed by atoms with Crippen molar-refractivity contribution in [3.05, 3.63) is 48.3 Å². The van der Waals surface area contributed by atoms with E-state index in [1.807, 2.05) is 21.8 Å². The molecular weight excluding hydrogens is 283 g/mol. The monoisotopic (exact) mass is 300 g/mol. The van der Waals surface area contributed by atoms with Gasteiger partial charge in [-0.1, -0.05) is 0 Å². The van der Waals surface area contributed by atoms with Gasteiger partial charge in [-0.3, -0.25) is 14.5 Å². The lowest BCUT2D eigenvalue weighted by Gasteiger charge is -2.39. The van der Waals surface area contributed by atoms with Crippen molar-refractivity contribution in [3.63, 3.8) is 0 Å². The van der Waals surface area contributed by atoms with E-state index in [-0.39, 0.29) is 23.6 Å². The third-order valence-corrected chi connectivity index (χ3v) is 4.84. The zero-order valence-electron chi connectivity index (χ0n) is 12.1. The lowest BCUT2D eigenvalue weighted by molar-refractivity contribution is 0.0519. The number of carbonyl (C=O) groups excluding carboxylic acids is 1. The van der Waals surface area contributed by atoms with E-state index in [0.29, 0.717) is 6.04 Å². The number of rotatable bonds is 2. The number of halogens is 1. The summed E-state index contributed by atoms with van der Waals surface area (Å²) in [7, 11) is 0. The number of piperidine rings is 1. The van der Waals surface area contributed by atoms with Crippen molar-refractivity contribution in [2.24, 2.45) is 0 Å². The highest BCUT2D eigenvalue weighted by molar-refractivity contribution is 5.95. The van der Waals surface area contributed by atoms with Crippen LogP contribution in [0.3, 0.4) is 0 Å². The molecule has 2 aromatic heterocycles. The van der Waals surface area contributed by atoms with Crippen LogP contribution in [0.5, 0.6) is 0 Å². The molecule has 2 aliphatic heterocycles. The molecule has 0 radical (unpaired) electrons. The summed E-state index contributed by atoms with van der Waals surface area (Å²) in [5.41, 5.74) is 0.129. The molecule has 4 heterocycles. The van der Waals surface area contributed by atoms with Gasteiger partial charge in [0.05, 0.1) is 17.8 Å². The summed E-state index contributed by atoms with van der Waals surface area (Å²) in [6, 6.07) is 4.07. The van der Waals surface area contributed by atoms with Crippen LogP contribution in [0.25, 0.3) is 0 Å². The average Bonchev–Trinajstić information content (AvgIpc) is 3.14. The second-order valence-corrected chi connectivity index (χ2v) is 6.06.